The number of benzene rings is 1. The standard InChI is InChI=1S/C12H8FN3O3S/c13-8-5-7(2-4-11(17)18)1-3-9(8)14-12(19)10-6-20-16-15-10/h1-6H,(H,14,19)(H,17,18). The minimum atomic E-state index is -1.13. The Morgan fingerprint density at radius 2 is 2.20 bits per heavy atom. The third-order valence-corrected chi connectivity index (χ3v) is 2.76. The normalized spacial score (nSPS) is 10.7. The summed E-state index contributed by atoms with van der Waals surface area (Å²) in [6.45, 7) is 0. The number of aromatic nitrogens is 2. The lowest BCUT2D eigenvalue weighted by Crippen LogP contribution is -2.13. The van der Waals surface area contributed by atoms with Gasteiger partial charge >= 0.3 is 5.97 Å². The first kappa shape index (κ1) is 13.8. The lowest BCUT2D eigenvalue weighted by Gasteiger charge is -2.05. The van der Waals surface area contributed by atoms with Gasteiger partial charge < -0.3 is 10.4 Å². The lowest BCUT2D eigenvalue weighted by atomic mass is 10.2. The zero-order valence-electron chi connectivity index (χ0n) is 9.91. The number of nitrogens with zero attached hydrogens (tertiary/aromatic N) is 2. The molecule has 0 aliphatic rings. The summed E-state index contributed by atoms with van der Waals surface area (Å²) < 4.78 is 17.3. The Labute approximate surface area is 116 Å². The van der Waals surface area contributed by atoms with Crippen LogP contribution >= 0.6 is 11.5 Å². The maximum atomic E-state index is 13.7. The summed E-state index contributed by atoms with van der Waals surface area (Å²) >= 11 is 1.01. The zero-order chi connectivity index (χ0) is 14.5. The van der Waals surface area contributed by atoms with Crippen molar-refractivity contribution in [1.82, 2.24) is 9.59 Å². The first-order chi connectivity index (χ1) is 9.56. The summed E-state index contributed by atoms with van der Waals surface area (Å²) in [5.74, 6) is -2.36. The smallest absolute Gasteiger partial charge is 0.328 e. The van der Waals surface area contributed by atoms with Crippen LogP contribution in [0.25, 0.3) is 6.08 Å². The number of rotatable bonds is 4. The number of nitrogens with one attached hydrogen (secondary N) is 1. The number of hydrogen-bond acceptors (Lipinski definition) is 5. The molecule has 2 N–H and O–H groups in total. The fourth-order valence-corrected chi connectivity index (χ4v) is 1.79. The maximum Gasteiger partial charge on any atom is 0.328 e. The monoisotopic (exact) mass is 293 g/mol. The van der Waals surface area contributed by atoms with Crippen LogP contribution in [0.1, 0.15) is 16.1 Å². The molecule has 2 rings (SSSR count). The number of carboxylic acid groups (broad SMARTS) is 1. The van der Waals surface area contributed by atoms with E-state index in [0.29, 0.717) is 5.56 Å². The number of halogens is 1. The first-order valence-corrected chi connectivity index (χ1v) is 6.19. The largest absolute Gasteiger partial charge is 0.478 e. The van der Waals surface area contributed by atoms with Crippen LogP contribution in [-0.2, 0) is 4.79 Å². The van der Waals surface area contributed by atoms with E-state index in [9.17, 15) is 14.0 Å². The van der Waals surface area contributed by atoms with E-state index in [0.717, 1.165) is 23.7 Å². The van der Waals surface area contributed by atoms with Gasteiger partial charge in [-0.05, 0) is 35.3 Å². The van der Waals surface area contributed by atoms with Crippen molar-refractivity contribution in [2.24, 2.45) is 0 Å². The molecule has 0 aliphatic carbocycles. The third-order valence-electron chi connectivity index (χ3n) is 2.25. The molecular formula is C12H8FN3O3S. The van der Waals surface area contributed by atoms with E-state index in [1.54, 1.807) is 0 Å². The second-order valence-electron chi connectivity index (χ2n) is 3.66. The van der Waals surface area contributed by atoms with Gasteiger partial charge in [0.2, 0.25) is 0 Å². The van der Waals surface area contributed by atoms with Crippen LogP contribution < -0.4 is 5.32 Å². The van der Waals surface area contributed by atoms with E-state index in [1.165, 1.54) is 23.6 Å². The number of aliphatic carboxylic acids is 1. The average molecular weight is 293 g/mol. The second kappa shape index (κ2) is 6.02. The fraction of sp³-hybridized carbons (Fsp3) is 0. The fourth-order valence-electron chi connectivity index (χ4n) is 1.35. The Kier molecular flexibility index (Phi) is 4.16. The van der Waals surface area contributed by atoms with Crippen LogP contribution in [0.4, 0.5) is 10.1 Å². The maximum absolute atomic E-state index is 13.7. The van der Waals surface area contributed by atoms with Crippen LogP contribution in [0.3, 0.4) is 0 Å². The molecule has 1 aromatic heterocycles. The molecule has 0 fully saturated rings. The van der Waals surface area contributed by atoms with Crippen LogP contribution in [0.5, 0.6) is 0 Å². The van der Waals surface area contributed by atoms with Gasteiger partial charge in [0.05, 0.1) is 5.69 Å². The Morgan fingerprint density at radius 1 is 1.40 bits per heavy atom. The molecule has 20 heavy (non-hydrogen) atoms. The minimum Gasteiger partial charge on any atom is -0.478 e. The highest BCUT2D eigenvalue weighted by atomic mass is 32.1. The summed E-state index contributed by atoms with van der Waals surface area (Å²) in [5.41, 5.74) is 0.456. The van der Waals surface area contributed by atoms with Crippen molar-refractivity contribution in [2.75, 3.05) is 5.32 Å². The summed E-state index contributed by atoms with van der Waals surface area (Å²) in [6.07, 6.45) is 2.15. The Bertz CT molecular complexity index is 671. The molecule has 1 aromatic carbocycles. The number of carbonyl (C=O) groups is 2. The molecule has 6 nitrogen and oxygen atoms in total. The number of carboxylic acids is 1. The predicted molar refractivity (Wildman–Crippen MR) is 70.9 cm³/mol. The van der Waals surface area contributed by atoms with Crippen molar-refractivity contribution < 1.29 is 19.1 Å². The van der Waals surface area contributed by atoms with Crippen molar-refractivity contribution in [3.8, 4) is 0 Å². The molecule has 8 heteroatoms. The Morgan fingerprint density at radius 3 is 2.80 bits per heavy atom. The molecule has 0 atom stereocenters. The van der Waals surface area contributed by atoms with E-state index < -0.39 is 17.7 Å². The number of anilines is 1. The lowest BCUT2D eigenvalue weighted by molar-refractivity contribution is -0.131. The topological polar surface area (TPSA) is 92.2 Å². The number of carbonyl (C=O) groups excluding carboxylic acids is 1. The second-order valence-corrected chi connectivity index (χ2v) is 4.26. The first-order valence-electron chi connectivity index (χ1n) is 5.35. The summed E-state index contributed by atoms with van der Waals surface area (Å²) in [7, 11) is 0. The van der Waals surface area contributed by atoms with Gasteiger partial charge in [0.1, 0.15) is 5.82 Å². The molecule has 0 unspecified atom stereocenters. The van der Waals surface area contributed by atoms with E-state index in [1.807, 2.05) is 0 Å². The molecule has 0 aliphatic heterocycles. The highest BCUT2D eigenvalue weighted by molar-refractivity contribution is 7.03. The van der Waals surface area contributed by atoms with Gasteiger partial charge in [-0.3, -0.25) is 4.79 Å². The highest BCUT2D eigenvalue weighted by Gasteiger charge is 2.11. The molecule has 0 radical (unpaired) electrons. The molecular weight excluding hydrogens is 285 g/mol. The molecule has 0 bridgehead atoms. The number of amides is 1. The van der Waals surface area contributed by atoms with Crippen molar-refractivity contribution in [2.45, 2.75) is 0 Å². The molecule has 0 saturated carbocycles. The van der Waals surface area contributed by atoms with Gasteiger partial charge in [-0.15, -0.1) is 5.10 Å². The molecule has 2 aromatic rings. The van der Waals surface area contributed by atoms with Crippen molar-refractivity contribution in [3.63, 3.8) is 0 Å². The van der Waals surface area contributed by atoms with Crippen LogP contribution in [0.2, 0.25) is 0 Å². The molecule has 1 amide bonds. The van der Waals surface area contributed by atoms with E-state index >= 15 is 0 Å². The highest BCUT2D eigenvalue weighted by Crippen LogP contribution is 2.17. The molecule has 0 spiro atoms. The summed E-state index contributed by atoms with van der Waals surface area (Å²) in [4.78, 5) is 22.0. The van der Waals surface area contributed by atoms with Crippen LogP contribution in [0, 0.1) is 5.82 Å². The molecule has 1 heterocycles. The van der Waals surface area contributed by atoms with E-state index in [2.05, 4.69) is 14.9 Å². The Balaban J connectivity index is 2.14. The van der Waals surface area contributed by atoms with Gasteiger partial charge in [0.25, 0.3) is 5.91 Å². The van der Waals surface area contributed by atoms with E-state index in [-0.39, 0.29) is 11.4 Å². The van der Waals surface area contributed by atoms with Gasteiger partial charge in [-0.1, -0.05) is 10.6 Å². The summed E-state index contributed by atoms with van der Waals surface area (Å²) in [5, 5.41) is 15.8. The van der Waals surface area contributed by atoms with Gasteiger partial charge in [0.15, 0.2) is 5.69 Å². The average Bonchev–Trinajstić information content (AvgIpc) is 2.93. The van der Waals surface area contributed by atoms with Crippen molar-refractivity contribution in [1.29, 1.82) is 0 Å². The van der Waals surface area contributed by atoms with E-state index in [4.69, 9.17) is 5.11 Å². The SMILES string of the molecule is O=C(O)C=Cc1ccc(NC(=O)c2csnn2)c(F)c1. The molecule has 102 valence electrons. The van der Waals surface area contributed by atoms with Gasteiger partial charge in [-0.2, -0.15) is 0 Å². The third kappa shape index (κ3) is 3.45. The quantitative estimate of drug-likeness (QED) is 0.841. The van der Waals surface area contributed by atoms with Crippen LogP contribution in [-0.4, -0.2) is 26.6 Å². The van der Waals surface area contributed by atoms with Crippen molar-refractivity contribution >= 4 is 35.2 Å². The minimum absolute atomic E-state index is 0.0181. The summed E-state index contributed by atoms with van der Waals surface area (Å²) in [6, 6.07) is 3.94. The van der Waals surface area contributed by atoms with Crippen molar-refractivity contribution in [3.05, 3.63) is 46.7 Å². The Hall–Kier alpha value is -2.61. The van der Waals surface area contributed by atoms with Gasteiger partial charge in [-0.25, -0.2) is 9.18 Å². The number of hydrogen-bond donors (Lipinski definition) is 2. The predicted octanol–water partition coefficient (Wildman–Crippen LogP) is 2.03. The zero-order valence-corrected chi connectivity index (χ0v) is 10.7. The molecule has 0 saturated heterocycles. The van der Waals surface area contributed by atoms with Gasteiger partial charge in [0, 0.05) is 11.5 Å². The van der Waals surface area contributed by atoms with Crippen LogP contribution in [0.15, 0.2) is 29.7 Å².